The topological polar surface area (TPSA) is 58.7 Å². The number of nitrogens with zero attached hydrogens (tertiary/aromatic N) is 1. The van der Waals surface area contributed by atoms with Crippen molar-refractivity contribution in [2.75, 3.05) is 39.9 Å². The Hall–Kier alpha value is -0.160. The van der Waals surface area contributed by atoms with Crippen LogP contribution in [-0.4, -0.2) is 55.5 Å². The monoisotopic (exact) mass is 218 g/mol. The molecule has 15 heavy (non-hydrogen) atoms. The van der Waals surface area contributed by atoms with Gasteiger partial charge in [0.05, 0.1) is 12.2 Å². The van der Waals surface area contributed by atoms with Gasteiger partial charge in [-0.25, -0.2) is 0 Å². The summed E-state index contributed by atoms with van der Waals surface area (Å²) in [5.74, 6) is 0.579. The molecule has 0 aliphatic carbocycles. The van der Waals surface area contributed by atoms with E-state index in [1.807, 2.05) is 0 Å². The van der Waals surface area contributed by atoms with Gasteiger partial charge in [0.15, 0.2) is 0 Å². The van der Waals surface area contributed by atoms with E-state index in [4.69, 9.17) is 10.5 Å². The highest BCUT2D eigenvalue weighted by Crippen LogP contribution is 2.07. The third kappa shape index (κ3) is 7.73. The van der Waals surface area contributed by atoms with E-state index in [9.17, 15) is 5.11 Å². The van der Waals surface area contributed by atoms with Crippen LogP contribution in [0.15, 0.2) is 0 Å². The Morgan fingerprint density at radius 3 is 2.47 bits per heavy atom. The minimum absolute atomic E-state index is 0.286. The molecule has 0 rings (SSSR count). The van der Waals surface area contributed by atoms with Gasteiger partial charge in [-0.3, -0.25) is 4.90 Å². The first kappa shape index (κ1) is 14.8. The van der Waals surface area contributed by atoms with E-state index in [0.717, 1.165) is 13.1 Å². The van der Waals surface area contributed by atoms with E-state index >= 15 is 0 Å². The molecule has 0 aliphatic heterocycles. The van der Waals surface area contributed by atoms with Crippen LogP contribution in [0.3, 0.4) is 0 Å². The molecule has 0 saturated carbocycles. The van der Waals surface area contributed by atoms with Gasteiger partial charge in [-0.1, -0.05) is 13.8 Å². The average molecular weight is 218 g/mol. The zero-order chi connectivity index (χ0) is 11.9. The van der Waals surface area contributed by atoms with Gasteiger partial charge < -0.3 is 15.6 Å². The van der Waals surface area contributed by atoms with Crippen molar-refractivity contribution in [3.63, 3.8) is 0 Å². The van der Waals surface area contributed by atoms with Crippen molar-refractivity contribution >= 4 is 0 Å². The fourth-order valence-corrected chi connectivity index (χ4v) is 1.52. The summed E-state index contributed by atoms with van der Waals surface area (Å²) in [6.07, 6.45) is 0. The van der Waals surface area contributed by atoms with Crippen molar-refractivity contribution in [1.82, 2.24) is 4.90 Å². The van der Waals surface area contributed by atoms with Gasteiger partial charge in [0, 0.05) is 33.3 Å². The summed E-state index contributed by atoms with van der Waals surface area (Å²) >= 11 is 0. The van der Waals surface area contributed by atoms with E-state index in [0.29, 0.717) is 19.1 Å². The van der Waals surface area contributed by atoms with Crippen LogP contribution in [0.1, 0.15) is 20.8 Å². The molecule has 92 valence electrons. The first-order valence-corrected chi connectivity index (χ1v) is 5.55. The molecule has 4 heteroatoms. The Labute approximate surface area is 93.4 Å². The zero-order valence-corrected chi connectivity index (χ0v) is 10.5. The van der Waals surface area contributed by atoms with E-state index in [1.54, 1.807) is 14.0 Å². The molecule has 0 spiro atoms. The van der Waals surface area contributed by atoms with Crippen molar-refractivity contribution < 1.29 is 9.84 Å². The first-order chi connectivity index (χ1) is 6.91. The molecule has 3 N–H and O–H groups in total. The van der Waals surface area contributed by atoms with Crippen LogP contribution < -0.4 is 5.73 Å². The largest absolute Gasteiger partial charge is 0.388 e. The summed E-state index contributed by atoms with van der Waals surface area (Å²) < 4.78 is 5.05. The Morgan fingerprint density at radius 1 is 1.47 bits per heavy atom. The van der Waals surface area contributed by atoms with Gasteiger partial charge in [-0.05, 0) is 12.8 Å². The summed E-state index contributed by atoms with van der Waals surface area (Å²) in [6.45, 7) is 9.47. The average Bonchev–Trinajstić information content (AvgIpc) is 2.13. The number of ether oxygens (including phenoxy) is 1. The molecule has 1 unspecified atom stereocenters. The van der Waals surface area contributed by atoms with Crippen molar-refractivity contribution in [2.45, 2.75) is 26.4 Å². The minimum Gasteiger partial charge on any atom is -0.388 e. The molecule has 4 nitrogen and oxygen atoms in total. The molecule has 0 amide bonds. The fourth-order valence-electron chi connectivity index (χ4n) is 1.52. The van der Waals surface area contributed by atoms with Crippen molar-refractivity contribution in [3.8, 4) is 0 Å². The Morgan fingerprint density at radius 2 is 2.07 bits per heavy atom. The predicted molar refractivity (Wildman–Crippen MR) is 62.8 cm³/mol. The van der Waals surface area contributed by atoms with Crippen LogP contribution in [0.4, 0.5) is 0 Å². The maximum Gasteiger partial charge on any atom is 0.0867 e. The molecule has 0 fully saturated rings. The van der Waals surface area contributed by atoms with Gasteiger partial charge in [0.1, 0.15) is 0 Å². The SMILES string of the molecule is COCCN(CC(C)C)CC(C)(O)CN. The zero-order valence-electron chi connectivity index (χ0n) is 10.5. The second-order valence-electron chi connectivity index (χ2n) is 4.82. The van der Waals surface area contributed by atoms with E-state index in [2.05, 4.69) is 18.7 Å². The molecular formula is C11H26N2O2. The lowest BCUT2D eigenvalue weighted by molar-refractivity contribution is 0.0162. The number of methoxy groups -OCH3 is 1. The molecule has 0 radical (unpaired) electrons. The van der Waals surface area contributed by atoms with E-state index < -0.39 is 5.60 Å². The smallest absolute Gasteiger partial charge is 0.0867 e. The van der Waals surface area contributed by atoms with Crippen LogP contribution in [0.5, 0.6) is 0 Å². The summed E-state index contributed by atoms with van der Waals surface area (Å²) in [4.78, 5) is 2.20. The number of nitrogens with two attached hydrogens (primary N) is 1. The van der Waals surface area contributed by atoms with E-state index in [-0.39, 0.29) is 6.54 Å². The summed E-state index contributed by atoms with van der Waals surface area (Å²) in [5.41, 5.74) is 4.70. The molecular weight excluding hydrogens is 192 g/mol. The van der Waals surface area contributed by atoms with Crippen LogP contribution in [0, 0.1) is 5.92 Å². The third-order valence-corrected chi connectivity index (χ3v) is 2.24. The lowest BCUT2D eigenvalue weighted by atomic mass is 10.1. The van der Waals surface area contributed by atoms with Crippen molar-refractivity contribution in [3.05, 3.63) is 0 Å². The number of aliphatic hydroxyl groups is 1. The molecule has 0 aromatic carbocycles. The molecule has 0 aromatic heterocycles. The van der Waals surface area contributed by atoms with Gasteiger partial charge in [0.2, 0.25) is 0 Å². The molecule has 0 aliphatic rings. The summed E-state index contributed by atoms with van der Waals surface area (Å²) in [7, 11) is 1.69. The lowest BCUT2D eigenvalue weighted by Crippen LogP contribution is -2.47. The number of rotatable bonds is 8. The minimum atomic E-state index is -0.803. The summed E-state index contributed by atoms with van der Waals surface area (Å²) in [6, 6.07) is 0. The third-order valence-electron chi connectivity index (χ3n) is 2.24. The van der Waals surface area contributed by atoms with E-state index in [1.165, 1.54) is 0 Å². The molecule has 0 heterocycles. The number of hydrogen-bond donors (Lipinski definition) is 2. The predicted octanol–water partition coefficient (Wildman–Crippen LogP) is 0.301. The van der Waals surface area contributed by atoms with Crippen LogP contribution in [0.2, 0.25) is 0 Å². The second-order valence-corrected chi connectivity index (χ2v) is 4.82. The second kappa shape index (κ2) is 7.17. The number of hydrogen-bond acceptors (Lipinski definition) is 4. The first-order valence-electron chi connectivity index (χ1n) is 5.55. The normalized spacial score (nSPS) is 16.0. The molecule has 0 bridgehead atoms. The van der Waals surface area contributed by atoms with Crippen LogP contribution in [-0.2, 0) is 4.74 Å². The Balaban J connectivity index is 4.10. The van der Waals surface area contributed by atoms with Crippen molar-refractivity contribution in [1.29, 1.82) is 0 Å². The highest BCUT2D eigenvalue weighted by atomic mass is 16.5. The quantitative estimate of drug-likeness (QED) is 0.615. The molecule has 1 atom stereocenters. The Bertz CT molecular complexity index is 161. The van der Waals surface area contributed by atoms with Gasteiger partial charge in [0.25, 0.3) is 0 Å². The Kier molecular flexibility index (Phi) is 7.09. The lowest BCUT2D eigenvalue weighted by Gasteiger charge is -2.31. The summed E-state index contributed by atoms with van der Waals surface area (Å²) in [5, 5.41) is 9.90. The van der Waals surface area contributed by atoms with Crippen LogP contribution in [0.25, 0.3) is 0 Å². The van der Waals surface area contributed by atoms with Gasteiger partial charge in [-0.2, -0.15) is 0 Å². The van der Waals surface area contributed by atoms with Crippen molar-refractivity contribution in [2.24, 2.45) is 11.7 Å². The molecule has 0 aromatic rings. The highest BCUT2D eigenvalue weighted by Gasteiger charge is 2.22. The van der Waals surface area contributed by atoms with Gasteiger partial charge in [-0.15, -0.1) is 0 Å². The maximum absolute atomic E-state index is 9.90. The maximum atomic E-state index is 9.90. The highest BCUT2D eigenvalue weighted by molar-refractivity contribution is 4.78. The fraction of sp³-hybridized carbons (Fsp3) is 1.00. The standard InChI is InChI=1S/C11H26N2O2/c1-10(2)7-13(5-6-15-4)9-11(3,14)8-12/h10,14H,5-9,12H2,1-4H3. The molecule has 0 saturated heterocycles. The van der Waals surface area contributed by atoms with Gasteiger partial charge >= 0.3 is 0 Å². The van der Waals surface area contributed by atoms with Crippen LogP contribution >= 0.6 is 0 Å².